The molecule has 1 aliphatic heterocycles. The van der Waals surface area contributed by atoms with Crippen molar-refractivity contribution in [2.75, 3.05) is 38.6 Å². The zero-order valence-corrected chi connectivity index (χ0v) is 12.8. The lowest BCUT2D eigenvalue weighted by atomic mass is 10.1. The monoisotopic (exact) mass is 299 g/mol. The second-order valence-corrected chi connectivity index (χ2v) is 5.90. The lowest BCUT2D eigenvalue weighted by molar-refractivity contribution is 0.367. The molecule has 0 bridgehead atoms. The van der Waals surface area contributed by atoms with E-state index >= 15 is 0 Å². The Morgan fingerprint density at radius 1 is 1.55 bits per heavy atom. The molecule has 0 spiro atoms. The number of likely N-dealkylation sites (N-methyl/N-ethyl adjacent to an activating group) is 1. The summed E-state index contributed by atoms with van der Waals surface area (Å²) in [5, 5.41) is 4.47. The fraction of sp³-hybridized carbons (Fsp3) is 0.692. The van der Waals surface area contributed by atoms with Crippen molar-refractivity contribution in [1.29, 1.82) is 0 Å². The summed E-state index contributed by atoms with van der Waals surface area (Å²) < 4.78 is 1.41. The van der Waals surface area contributed by atoms with E-state index in [1.54, 1.807) is 6.20 Å². The molecule has 6 nitrogen and oxygen atoms in total. The number of nitrogens with zero attached hydrogens (tertiary/aromatic N) is 4. The van der Waals surface area contributed by atoms with Gasteiger partial charge in [-0.2, -0.15) is 5.10 Å². The van der Waals surface area contributed by atoms with Crippen LogP contribution in [0.2, 0.25) is 5.02 Å². The van der Waals surface area contributed by atoms with Gasteiger partial charge in [-0.15, -0.1) is 0 Å². The van der Waals surface area contributed by atoms with E-state index in [0.717, 1.165) is 32.5 Å². The highest BCUT2D eigenvalue weighted by atomic mass is 35.5. The van der Waals surface area contributed by atoms with E-state index in [0.29, 0.717) is 12.2 Å². The zero-order chi connectivity index (χ0) is 14.7. The third-order valence-corrected chi connectivity index (χ3v) is 3.88. The minimum Gasteiger partial charge on any atom is -0.367 e. The number of nitrogens with two attached hydrogens (primary N) is 1. The van der Waals surface area contributed by atoms with E-state index in [4.69, 9.17) is 17.3 Å². The van der Waals surface area contributed by atoms with Gasteiger partial charge < -0.3 is 15.5 Å². The second-order valence-electron chi connectivity index (χ2n) is 5.52. The standard InChI is InChI=1S/C13H22ClN5O/c1-17(2)6-7-19-13(20)12(14)11(8-16-19)18-5-3-4-10(15)9-18/h8,10H,3-7,9,15H2,1-2H3. The van der Waals surface area contributed by atoms with Gasteiger partial charge in [-0.05, 0) is 26.9 Å². The van der Waals surface area contributed by atoms with Crippen LogP contribution >= 0.6 is 11.6 Å². The number of hydrogen-bond donors (Lipinski definition) is 1. The molecule has 1 fully saturated rings. The molecule has 0 aliphatic carbocycles. The summed E-state index contributed by atoms with van der Waals surface area (Å²) in [6, 6.07) is 0.135. The Morgan fingerprint density at radius 2 is 2.30 bits per heavy atom. The minimum atomic E-state index is -0.231. The third-order valence-electron chi connectivity index (χ3n) is 3.52. The highest BCUT2D eigenvalue weighted by Crippen LogP contribution is 2.24. The quantitative estimate of drug-likeness (QED) is 0.871. The lowest BCUT2D eigenvalue weighted by Crippen LogP contribution is -2.43. The summed E-state index contributed by atoms with van der Waals surface area (Å²) in [5.41, 5.74) is 6.44. The number of anilines is 1. The van der Waals surface area contributed by atoms with Gasteiger partial charge in [0.05, 0.1) is 18.4 Å². The number of aromatic nitrogens is 2. The van der Waals surface area contributed by atoms with Crippen LogP contribution < -0.4 is 16.2 Å². The molecule has 2 rings (SSSR count). The van der Waals surface area contributed by atoms with E-state index in [1.807, 2.05) is 19.0 Å². The molecule has 7 heteroatoms. The largest absolute Gasteiger partial charge is 0.367 e. The maximum absolute atomic E-state index is 12.2. The molecule has 1 atom stereocenters. The molecule has 0 radical (unpaired) electrons. The van der Waals surface area contributed by atoms with Crippen LogP contribution in [0.25, 0.3) is 0 Å². The van der Waals surface area contributed by atoms with Crippen molar-refractivity contribution in [2.24, 2.45) is 5.73 Å². The van der Waals surface area contributed by atoms with Crippen molar-refractivity contribution in [3.63, 3.8) is 0 Å². The molecule has 112 valence electrons. The molecule has 2 heterocycles. The van der Waals surface area contributed by atoms with Gasteiger partial charge in [-0.1, -0.05) is 11.6 Å². The number of halogens is 1. The molecule has 1 saturated heterocycles. The Hall–Kier alpha value is -1.11. The van der Waals surface area contributed by atoms with Crippen LogP contribution in [0.1, 0.15) is 12.8 Å². The molecule has 0 saturated carbocycles. The van der Waals surface area contributed by atoms with Gasteiger partial charge >= 0.3 is 0 Å². The normalized spacial score (nSPS) is 19.6. The molecule has 20 heavy (non-hydrogen) atoms. The summed E-state index contributed by atoms with van der Waals surface area (Å²) in [7, 11) is 3.91. The Bertz CT molecular complexity index is 516. The van der Waals surface area contributed by atoms with E-state index in [-0.39, 0.29) is 16.6 Å². The van der Waals surface area contributed by atoms with Crippen LogP contribution in [0.15, 0.2) is 11.0 Å². The third kappa shape index (κ3) is 3.50. The van der Waals surface area contributed by atoms with Gasteiger partial charge in [0.15, 0.2) is 0 Å². The smallest absolute Gasteiger partial charge is 0.287 e. The predicted molar refractivity (Wildman–Crippen MR) is 81.5 cm³/mol. The average molecular weight is 300 g/mol. The van der Waals surface area contributed by atoms with E-state index in [9.17, 15) is 4.79 Å². The number of rotatable bonds is 4. The molecule has 1 aromatic rings. The first-order valence-corrected chi connectivity index (χ1v) is 7.27. The second kappa shape index (κ2) is 6.56. The van der Waals surface area contributed by atoms with Crippen molar-refractivity contribution in [3.05, 3.63) is 21.6 Å². The molecule has 1 aromatic heterocycles. The van der Waals surface area contributed by atoms with Gasteiger partial charge in [0, 0.05) is 25.7 Å². The van der Waals surface area contributed by atoms with Crippen LogP contribution in [-0.2, 0) is 6.54 Å². The minimum absolute atomic E-state index is 0.135. The van der Waals surface area contributed by atoms with Gasteiger partial charge in [0.1, 0.15) is 5.02 Å². The molecule has 0 amide bonds. The number of piperidine rings is 1. The first-order valence-electron chi connectivity index (χ1n) is 6.90. The first-order chi connectivity index (χ1) is 9.49. The van der Waals surface area contributed by atoms with Crippen molar-refractivity contribution in [1.82, 2.24) is 14.7 Å². The zero-order valence-electron chi connectivity index (χ0n) is 12.0. The maximum atomic E-state index is 12.2. The average Bonchev–Trinajstić information content (AvgIpc) is 2.40. The molecular formula is C13H22ClN5O. The molecule has 1 unspecified atom stereocenters. The molecule has 0 aromatic carbocycles. The van der Waals surface area contributed by atoms with Gasteiger partial charge in [0.25, 0.3) is 5.56 Å². The van der Waals surface area contributed by atoms with E-state index in [2.05, 4.69) is 10.00 Å². The summed E-state index contributed by atoms with van der Waals surface area (Å²) in [4.78, 5) is 16.3. The Labute approximate surface area is 124 Å². The maximum Gasteiger partial charge on any atom is 0.287 e. The van der Waals surface area contributed by atoms with Crippen LogP contribution in [-0.4, -0.2) is 54.5 Å². The fourth-order valence-corrected chi connectivity index (χ4v) is 2.63. The molecule has 1 aliphatic rings. The Balaban J connectivity index is 2.20. The lowest BCUT2D eigenvalue weighted by Gasteiger charge is -2.32. The summed E-state index contributed by atoms with van der Waals surface area (Å²) >= 11 is 6.23. The van der Waals surface area contributed by atoms with Gasteiger partial charge in [0.2, 0.25) is 0 Å². The molecular weight excluding hydrogens is 278 g/mol. The fourth-order valence-electron chi connectivity index (χ4n) is 2.36. The highest BCUT2D eigenvalue weighted by molar-refractivity contribution is 6.33. The van der Waals surface area contributed by atoms with Gasteiger partial charge in [-0.3, -0.25) is 4.79 Å². The van der Waals surface area contributed by atoms with E-state index < -0.39 is 0 Å². The SMILES string of the molecule is CN(C)CCn1ncc(N2CCCC(N)C2)c(Cl)c1=O. The van der Waals surface area contributed by atoms with Crippen LogP contribution in [0.4, 0.5) is 5.69 Å². The van der Waals surface area contributed by atoms with Gasteiger partial charge in [-0.25, -0.2) is 4.68 Å². The number of hydrogen-bond acceptors (Lipinski definition) is 5. The van der Waals surface area contributed by atoms with Crippen molar-refractivity contribution in [3.8, 4) is 0 Å². The van der Waals surface area contributed by atoms with Crippen LogP contribution in [0.5, 0.6) is 0 Å². The van der Waals surface area contributed by atoms with Crippen LogP contribution in [0.3, 0.4) is 0 Å². The summed E-state index contributed by atoms with van der Waals surface area (Å²) in [5.74, 6) is 0. The van der Waals surface area contributed by atoms with Crippen molar-refractivity contribution in [2.45, 2.75) is 25.4 Å². The van der Waals surface area contributed by atoms with Crippen molar-refractivity contribution >= 4 is 17.3 Å². The molecule has 2 N–H and O–H groups in total. The van der Waals surface area contributed by atoms with Crippen LogP contribution in [0, 0.1) is 0 Å². The first kappa shape index (κ1) is 15.3. The summed E-state index contributed by atoms with van der Waals surface area (Å²) in [6.07, 6.45) is 3.71. The Kier molecular flexibility index (Phi) is 5.01. The summed E-state index contributed by atoms with van der Waals surface area (Å²) in [6.45, 7) is 2.88. The predicted octanol–water partition coefficient (Wildman–Crippen LogP) is 0.386. The van der Waals surface area contributed by atoms with E-state index in [1.165, 1.54) is 4.68 Å². The van der Waals surface area contributed by atoms with Crippen molar-refractivity contribution < 1.29 is 0 Å². The highest BCUT2D eigenvalue weighted by Gasteiger charge is 2.21. The topological polar surface area (TPSA) is 67.4 Å². The Morgan fingerprint density at radius 3 is 2.95 bits per heavy atom.